The number of rotatable bonds is 4. The molecule has 0 aliphatic carbocycles. The lowest BCUT2D eigenvalue weighted by atomic mass is 9.96. The minimum atomic E-state index is 0.0791. The number of likely N-dealkylation sites (tertiary alicyclic amines) is 1. The molecule has 1 aromatic heterocycles. The van der Waals surface area contributed by atoms with Gasteiger partial charge in [-0.2, -0.15) is 0 Å². The third kappa shape index (κ3) is 3.95. The quantitative estimate of drug-likeness (QED) is 0.897. The maximum atomic E-state index is 12.8. The van der Waals surface area contributed by atoms with Crippen molar-refractivity contribution >= 4 is 27.7 Å². The van der Waals surface area contributed by atoms with E-state index in [1.165, 1.54) is 0 Å². The first-order chi connectivity index (χ1) is 10.0. The summed E-state index contributed by atoms with van der Waals surface area (Å²) < 4.78 is 0.835. The van der Waals surface area contributed by atoms with Crippen molar-refractivity contribution < 1.29 is 4.79 Å². The number of carbonyl (C=O) groups is 1. The maximum absolute atomic E-state index is 12.8. The Morgan fingerprint density at radius 2 is 2.14 bits per heavy atom. The molecule has 2 rings (SSSR count). The van der Waals surface area contributed by atoms with Gasteiger partial charge in [-0.3, -0.25) is 4.79 Å². The molecule has 1 aliphatic heterocycles. The molecule has 1 aromatic rings. The number of aromatic nitrogens is 1. The Morgan fingerprint density at radius 3 is 2.71 bits per heavy atom. The first-order valence-corrected chi connectivity index (χ1v) is 8.09. The molecule has 21 heavy (non-hydrogen) atoms. The molecular formula is C15H23BrN4O. The molecule has 0 spiro atoms. The lowest BCUT2D eigenvalue weighted by Crippen LogP contribution is -2.41. The Balaban J connectivity index is 2.12. The van der Waals surface area contributed by atoms with E-state index >= 15 is 0 Å². The second-order valence-electron chi connectivity index (χ2n) is 5.71. The number of hydrogen-bond donors (Lipinski definition) is 1. The second-order valence-corrected chi connectivity index (χ2v) is 6.63. The number of piperidine rings is 1. The third-order valence-corrected chi connectivity index (χ3v) is 4.32. The predicted octanol–water partition coefficient (Wildman–Crippen LogP) is 1.98. The Kier molecular flexibility index (Phi) is 5.58. The third-order valence-electron chi connectivity index (χ3n) is 3.88. The summed E-state index contributed by atoms with van der Waals surface area (Å²) in [6.07, 6.45) is 3.85. The highest BCUT2D eigenvalue weighted by atomic mass is 79.9. The molecular weight excluding hydrogens is 332 g/mol. The molecule has 0 saturated carbocycles. The molecule has 1 N–H and O–H groups in total. The van der Waals surface area contributed by atoms with Gasteiger partial charge < -0.3 is 15.1 Å². The molecule has 1 fully saturated rings. The molecule has 2 heterocycles. The summed E-state index contributed by atoms with van der Waals surface area (Å²) in [4.78, 5) is 21.0. The highest BCUT2D eigenvalue weighted by Crippen LogP contribution is 2.24. The van der Waals surface area contributed by atoms with Gasteiger partial charge in [0.05, 0.1) is 5.56 Å². The van der Waals surface area contributed by atoms with Crippen LogP contribution >= 0.6 is 15.9 Å². The summed E-state index contributed by atoms with van der Waals surface area (Å²) in [6.45, 7) is 2.68. The number of amides is 1. The van der Waals surface area contributed by atoms with Crippen LogP contribution in [0.5, 0.6) is 0 Å². The van der Waals surface area contributed by atoms with E-state index in [1.54, 1.807) is 6.20 Å². The molecule has 6 heteroatoms. The smallest absolute Gasteiger partial charge is 0.257 e. The van der Waals surface area contributed by atoms with Crippen LogP contribution in [0.2, 0.25) is 0 Å². The molecule has 0 atom stereocenters. The summed E-state index contributed by atoms with van der Waals surface area (Å²) in [5.41, 5.74) is 0.668. The average molecular weight is 355 g/mol. The van der Waals surface area contributed by atoms with Gasteiger partial charge in [0.1, 0.15) is 5.82 Å². The largest absolute Gasteiger partial charge is 0.362 e. The van der Waals surface area contributed by atoms with Gasteiger partial charge in [0, 0.05) is 37.9 Å². The lowest BCUT2D eigenvalue weighted by molar-refractivity contribution is 0.0691. The van der Waals surface area contributed by atoms with Crippen molar-refractivity contribution in [2.24, 2.45) is 5.92 Å². The molecule has 1 amide bonds. The standard InChI is InChI=1S/C15H23BrN4O/c1-17-9-11-4-6-20(7-5-11)15(21)13-8-12(16)10-18-14(13)19(2)3/h8,10-11,17H,4-7,9H2,1-3H3. The Hall–Kier alpha value is -1.14. The number of carbonyl (C=O) groups excluding carboxylic acids is 1. The molecule has 116 valence electrons. The van der Waals surface area contributed by atoms with Crippen molar-refractivity contribution in [3.8, 4) is 0 Å². The van der Waals surface area contributed by atoms with Crippen LogP contribution in [0.15, 0.2) is 16.7 Å². The SMILES string of the molecule is CNCC1CCN(C(=O)c2cc(Br)cnc2N(C)C)CC1. The van der Waals surface area contributed by atoms with E-state index in [-0.39, 0.29) is 5.91 Å². The molecule has 0 aromatic carbocycles. The van der Waals surface area contributed by atoms with Gasteiger partial charge in [-0.1, -0.05) is 0 Å². The van der Waals surface area contributed by atoms with E-state index in [0.717, 1.165) is 42.8 Å². The van der Waals surface area contributed by atoms with Crippen molar-refractivity contribution in [2.75, 3.05) is 45.7 Å². The van der Waals surface area contributed by atoms with Crippen molar-refractivity contribution in [1.82, 2.24) is 15.2 Å². The minimum Gasteiger partial charge on any atom is -0.362 e. The minimum absolute atomic E-state index is 0.0791. The Labute approximate surface area is 134 Å². The number of hydrogen-bond acceptors (Lipinski definition) is 4. The highest BCUT2D eigenvalue weighted by Gasteiger charge is 2.25. The normalized spacial score (nSPS) is 16.1. The van der Waals surface area contributed by atoms with Crippen LogP contribution in [-0.2, 0) is 0 Å². The number of nitrogens with zero attached hydrogens (tertiary/aromatic N) is 3. The first kappa shape index (κ1) is 16.2. The average Bonchev–Trinajstić information content (AvgIpc) is 2.47. The summed E-state index contributed by atoms with van der Waals surface area (Å²) in [5.74, 6) is 1.48. The second kappa shape index (κ2) is 7.22. The van der Waals surface area contributed by atoms with Crippen molar-refractivity contribution in [2.45, 2.75) is 12.8 Å². The monoisotopic (exact) mass is 354 g/mol. The van der Waals surface area contributed by atoms with Crippen molar-refractivity contribution in [3.05, 3.63) is 22.3 Å². The van der Waals surface area contributed by atoms with Gasteiger partial charge >= 0.3 is 0 Å². The van der Waals surface area contributed by atoms with Crippen LogP contribution in [0.25, 0.3) is 0 Å². The van der Waals surface area contributed by atoms with Crippen molar-refractivity contribution in [1.29, 1.82) is 0 Å². The fourth-order valence-electron chi connectivity index (χ4n) is 2.75. The summed E-state index contributed by atoms with van der Waals surface area (Å²) in [5, 5.41) is 3.22. The zero-order valence-corrected chi connectivity index (χ0v) is 14.5. The Bertz CT molecular complexity index is 498. The number of pyridine rings is 1. The maximum Gasteiger partial charge on any atom is 0.257 e. The van der Waals surface area contributed by atoms with E-state index in [1.807, 2.05) is 37.0 Å². The molecule has 0 bridgehead atoms. The molecule has 0 unspecified atom stereocenters. The summed E-state index contributed by atoms with van der Waals surface area (Å²) in [6, 6.07) is 1.87. The molecule has 1 aliphatic rings. The van der Waals surface area contributed by atoms with E-state index in [0.29, 0.717) is 11.5 Å². The molecule has 0 radical (unpaired) electrons. The van der Waals surface area contributed by atoms with Crippen LogP contribution < -0.4 is 10.2 Å². The van der Waals surface area contributed by atoms with Crippen LogP contribution in [0, 0.1) is 5.92 Å². The van der Waals surface area contributed by atoms with Gasteiger partial charge in [-0.15, -0.1) is 0 Å². The fraction of sp³-hybridized carbons (Fsp3) is 0.600. The zero-order valence-electron chi connectivity index (χ0n) is 12.9. The van der Waals surface area contributed by atoms with E-state index in [9.17, 15) is 4.79 Å². The van der Waals surface area contributed by atoms with Crippen LogP contribution in [-0.4, -0.2) is 56.6 Å². The van der Waals surface area contributed by atoms with Gasteiger partial charge in [-0.25, -0.2) is 4.98 Å². The Morgan fingerprint density at radius 1 is 1.48 bits per heavy atom. The first-order valence-electron chi connectivity index (χ1n) is 7.29. The summed E-state index contributed by atoms with van der Waals surface area (Å²) >= 11 is 3.41. The van der Waals surface area contributed by atoms with E-state index in [4.69, 9.17) is 0 Å². The van der Waals surface area contributed by atoms with Crippen LogP contribution in [0.3, 0.4) is 0 Å². The van der Waals surface area contributed by atoms with Gasteiger partial charge in [0.15, 0.2) is 0 Å². The number of nitrogens with one attached hydrogen (secondary N) is 1. The van der Waals surface area contributed by atoms with E-state index < -0.39 is 0 Å². The van der Waals surface area contributed by atoms with Crippen molar-refractivity contribution in [3.63, 3.8) is 0 Å². The molecule has 1 saturated heterocycles. The van der Waals surface area contributed by atoms with Gasteiger partial charge in [-0.05, 0) is 54.3 Å². The van der Waals surface area contributed by atoms with Gasteiger partial charge in [0.2, 0.25) is 0 Å². The lowest BCUT2D eigenvalue weighted by Gasteiger charge is -2.32. The molecule has 5 nitrogen and oxygen atoms in total. The van der Waals surface area contributed by atoms with Crippen LogP contribution in [0.1, 0.15) is 23.2 Å². The number of halogens is 1. The fourth-order valence-corrected chi connectivity index (χ4v) is 3.08. The van der Waals surface area contributed by atoms with Gasteiger partial charge in [0.25, 0.3) is 5.91 Å². The highest BCUT2D eigenvalue weighted by molar-refractivity contribution is 9.10. The topological polar surface area (TPSA) is 48.5 Å². The summed E-state index contributed by atoms with van der Waals surface area (Å²) in [7, 11) is 5.80. The predicted molar refractivity (Wildman–Crippen MR) is 88.8 cm³/mol. The number of anilines is 1. The van der Waals surface area contributed by atoms with Crippen LogP contribution in [0.4, 0.5) is 5.82 Å². The zero-order chi connectivity index (χ0) is 15.4. The van der Waals surface area contributed by atoms with E-state index in [2.05, 4.69) is 26.2 Å².